The van der Waals surface area contributed by atoms with Gasteiger partial charge in [-0.05, 0) is 34.7 Å². The fourth-order valence-corrected chi connectivity index (χ4v) is 1.34. The van der Waals surface area contributed by atoms with Crippen LogP contribution in [-0.4, -0.2) is 11.4 Å². The molecule has 1 N–H and O–H groups in total. The van der Waals surface area contributed by atoms with Crippen molar-refractivity contribution in [1.29, 1.82) is 0 Å². The number of rotatable bonds is 1. The van der Waals surface area contributed by atoms with Gasteiger partial charge in [-0.1, -0.05) is 16.8 Å². The first-order chi connectivity index (χ1) is 5.66. The smallest absolute Gasteiger partial charge is 0.146 e. The first-order valence-electron chi connectivity index (χ1n) is 2.97. The maximum absolute atomic E-state index is 13.2. The van der Waals surface area contributed by atoms with E-state index in [9.17, 15) is 4.39 Å². The van der Waals surface area contributed by atoms with Crippen LogP contribution in [0.3, 0.4) is 0 Å². The van der Waals surface area contributed by atoms with Crippen molar-refractivity contribution < 1.29 is 9.60 Å². The number of halogens is 3. The Hall–Kier alpha value is -0.360. The van der Waals surface area contributed by atoms with Gasteiger partial charge in [0.1, 0.15) is 5.82 Å². The van der Waals surface area contributed by atoms with Gasteiger partial charge < -0.3 is 5.21 Å². The summed E-state index contributed by atoms with van der Waals surface area (Å²) in [4.78, 5) is 0. The average molecular weight is 299 g/mol. The fourth-order valence-electron chi connectivity index (χ4n) is 0.703. The van der Waals surface area contributed by atoms with Crippen molar-refractivity contribution in [2.24, 2.45) is 5.16 Å². The molecule has 0 saturated carbocycles. The molecule has 12 heavy (non-hydrogen) atoms. The molecule has 0 heterocycles. The zero-order valence-electron chi connectivity index (χ0n) is 5.76. The molecule has 1 aromatic rings. The molecule has 1 aromatic carbocycles. The standard InChI is InChI=1S/C7H4ClFINO/c8-5-2-1-4(3-11-12)6(9)7(5)10/h1-3,12H. The van der Waals surface area contributed by atoms with Gasteiger partial charge in [0, 0.05) is 5.56 Å². The van der Waals surface area contributed by atoms with E-state index < -0.39 is 5.82 Å². The molecule has 0 saturated heterocycles. The molecule has 2 nitrogen and oxygen atoms in total. The lowest BCUT2D eigenvalue weighted by Gasteiger charge is -1.99. The molecule has 0 spiro atoms. The second-order valence-corrected chi connectivity index (χ2v) is 3.50. The Morgan fingerprint density at radius 1 is 1.58 bits per heavy atom. The van der Waals surface area contributed by atoms with E-state index in [4.69, 9.17) is 16.8 Å². The van der Waals surface area contributed by atoms with Crippen LogP contribution in [-0.2, 0) is 0 Å². The van der Waals surface area contributed by atoms with Gasteiger partial charge in [-0.3, -0.25) is 0 Å². The number of hydrogen-bond donors (Lipinski definition) is 1. The van der Waals surface area contributed by atoms with Crippen LogP contribution in [0.1, 0.15) is 5.56 Å². The third-order valence-corrected chi connectivity index (χ3v) is 2.95. The van der Waals surface area contributed by atoms with Crippen LogP contribution < -0.4 is 0 Å². The van der Waals surface area contributed by atoms with Crippen LogP contribution in [0.15, 0.2) is 17.3 Å². The fraction of sp³-hybridized carbons (Fsp3) is 0. The van der Waals surface area contributed by atoms with Gasteiger partial charge in [-0.15, -0.1) is 0 Å². The van der Waals surface area contributed by atoms with Crippen molar-refractivity contribution in [2.75, 3.05) is 0 Å². The van der Waals surface area contributed by atoms with Crippen LogP contribution in [0.2, 0.25) is 5.02 Å². The Morgan fingerprint density at radius 3 is 2.83 bits per heavy atom. The molecular weight excluding hydrogens is 295 g/mol. The number of benzene rings is 1. The Balaban J connectivity index is 3.26. The van der Waals surface area contributed by atoms with E-state index in [1.54, 1.807) is 28.7 Å². The highest BCUT2D eigenvalue weighted by Gasteiger charge is 2.07. The van der Waals surface area contributed by atoms with E-state index in [0.717, 1.165) is 6.21 Å². The molecule has 0 aromatic heterocycles. The van der Waals surface area contributed by atoms with Crippen molar-refractivity contribution in [3.63, 3.8) is 0 Å². The molecule has 0 bridgehead atoms. The minimum atomic E-state index is -0.471. The van der Waals surface area contributed by atoms with Crippen molar-refractivity contribution in [2.45, 2.75) is 0 Å². The summed E-state index contributed by atoms with van der Waals surface area (Å²) in [7, 11) is 0. The molecule has 5 heteroatoms. The Kier molecular flexibility index (Phi) is 3.28. The summed E-state index contributed by atoms with van der Waals surface area (Å²) in [6.45, 7) is 0. The van der Waals surface area contributed by atoms with Crippen LogP contribution in [0.5, 0.6) is 0 Å². The second kappa shape index (κ2) is 4.04. The summed E-state index contributed by atoms with van der Waals surface area (Å²) in [6, 6.07) is 2.99. The van der Waals surface area contributed by atoms with Crippen molar-refractivity contribution in [3.8, 4) is 0 Å². The van der Waals surface area contributed by atoms with Gasteiger partial charge in [-0.25, -0.2) is 4.39 Å². The van der Waals surface area contributed by atoms with Crippen LogP contribution >= 0.6 is 34.2 Å². The zero-order valence-corrected chi connectivity index (χ0v) is 8.67. The Bertz CT molecular complexity index is 329. The second-order valence-electron chi connectivity index (χ2n) is 2.01. The van der Waals surface area contributed by atoms with E-state index in [-0.39, 0.29) is 5.56 Å². The lowest BCUT2D eigenvalue weighted by molar-refractivity contribution is 0.321. The lowest BCUT2D eigenvalue weighted by atomic mass is 10.2. The molecule has 1 rings (SSSR count). The zero-order chi connectivity index (χ0) is 9.14. The predicted octanol–water partition coefficient (Wildman–Crippen LogP) is 2.89. The van der Waals surface area contributed by atoms with E-state index in [2.05, 4.69) is 5.16 Å². The third kappa shape index (κ3) is 1.87. The predicted molar refractivity (Wildman–Crippen MR) is 53.5 cm³/mol. The Labute approximate surface area is 87.2 Å². The summed E-state index contributed by atoms with van der Waals surface area (Å²) in [5.74, 6) is -0.471. The number of oxime groups is 1. The lowest BCUT2D eigenvalue weighted by Crippen LogP contribution is -1.92. The molecule has 0 aliphatic heterocycles. The molecule has 0 aliphatic carbocycles. The van der Waals surface area contributed by atoms with Gasteiger partial charge in [-0.2, -0.15) is 0 Å². The first-order valence-corrected chi connectivity index (χ1v) is 4.43. The minimum Gasteiger partial charge on any atom is -0.411 e. The number of nitrogens with zero attached hydrogens (tertiary/aromatic N) is 1. The highest BCUT2D eigenvalue weighted by Crippen LogP contribution is 2.22. The molecule has 0 aliphatic rings. The largest absolute Gasteiger partial charge is 0.411 e. The monoisotopic (exact) mass is 299 g/mol. The average Bonchev–Trinajstić information content (AvgIpc) is 2.07. The van der Waals surface area contributed by atoms with E-state index in [1.165, 1.54) is 6.07 Å². The summed E-state index contributed by atoms with van der Waals surface area (Å²) in [5, 5.41) is 11.2. The molecule has 0 unspecified atom stereocenters. The van der Waals surface area contributed by atoms with Crippen LogP contribution in [0, 0.1) is 9.39 Å². The van der Waals surface area contributed by atoms with Gasteiger partial charge in [0.2, 0.25) is 0 Å². The topological polar surface area (TPSA) is 32.6 Å². The minimum absolute atomic E-state index is 0.214. The molecule has 0 radical (unpaired) electrons. The summed E-state index contributed by atoms with van der Waals surface area (Å²) < 4.78 is 13.5. The highest BCUT2D eigenvalue weighted by atomic mass is 127. The van der Waals surface area contributed by atoms with Gasteiger partial charge in [0.25, 0.3) is 0 Å². The van der Waals surface area contributed by atoms with Crippen LogP contribution in [0.4, 0.5) is 4.39 Å². The normalized spacial score (nSPS) is 10.9. The summed E-state index contributed by atoms with van der Waals surface area (Å²) in [6.07, 6.45) is 1.02. The van der Waals surface area contributed by atoms with Gasteiger partial charge >= 0.3 is 0 Å². The highest BCUT2D eigenvalue weighted by molar-refractivity contribution is 14.1. The molecule has 0 amide bonds. The molecule has 0 fully saturated rings. The molecule has 64 valence electrons. The molecule has 0 atom stereocenters. The third-order valence-electron chi connectivity index (χ3n) is 1.26. The Morgan fingerprint density at radius 2 is 2.25 bits per heavy atom. The number of hydrogen-bond acceptors (Lipinski definition) is 2. The summed E-state index contributed by atoms with van der Waals surface area (Å²) >= 11 is 7.42. The van der Waals surface area contributed by atoms with E-state index in [1.807, 2.05) is 0 Å². The maximum Gasteiger partial charge on any atom is 0.146 e. The van der Waals surface area contributed by atoms with E-state index in [0.29, 0.717) is 8.59 Å². The first kappa shape index (κ1) is 9.73. The quantitative estimate of drug-likeness (QED) is 0.279. The summed E-state index contributed by atoms with van der Waals surface area (Å²) in [5.41, 5.74) is 0.214. The van der Waals surface area contributed by atoms with E-state index >= 15 is 0 Å². The van der Waals surface area contributed by atoms with Crippen molar-refractivity contribution >= 4 is 40.4 Å². The maximum atomic E-state index is 13.2. The molecular formula is C7H4ClFINO. The van der Waals surface area contributed by atoms with Crippen LogP contribution in [0.25, 0.3) is 0 Å². The van der Waals surface area contributed by atoms with Gasteiger partial charge in [0.15, 0.2) is 0 Å². The van der Waals surface area contributed by atoms with Crippen molar-refractivity contribution in [3.05, 3.63) is 32.1 Å². The van der Waals surface area contributed by atoms with Gasteiger partial charge in [0.05, 0.1) is 14.8 Å². The van der Waals surface area contributed by atoms with Crippen molar-refractivity contribution in [1.82, 2.24) is 0 Å². The SMILES string of the molecule is ON=Cc1ccc(Cl)c(I)c1F.